The normalized spacial score (nSPS) is 10.0. The first-order valence-corrected chi connectivity index (χ1v) is 4.15. The molecule has 0 aromatic heterocycles. The van der Waals surface area contributed by atoms with Gasteiger partial charge >= 0.3 is 0 Å². The van der Waals surface area contributed by atoms with E-state index < -0.39 is 6.61 Å². The first kappa shape index (κ1) is 9.74. The number of ketones is 1. The van der Waals surface area contributed by atoms with Crippen molar-refractivity contribution < 1.29 is 15.0 Å². The highest BCUT2D eigenvalue weighted by molar-refractivity contribution is 5.97. The molecule has 0 aliphatic rings. The number of benzene rings is 1. The van der Waals surface area contributed by atoms with Crippen molar-refractivity contribution in [2.45, 2.75) is 13.3 Å². The molecule has 0 aliphatic carbocycles. The Morgan fingerprint density at radius 2 is 2.15 bits per heavy atom. The summed E-state index contributed by atoms with van der Waals surface area (Å²) in [6, 6.07) is 4.59. The molecule has 3 heteroatoms. The lowest BCUT2D eigenvalue weighted by Crippen LogP contribution is -2.04. The summed E-state index contributed by atoms with van der Waals surface area (Å²) in [7, 11) is 0. The van der Waals surface area contributed by atoms with Gasteiger partial charge in [0.1, 0.15) is 12.4 Å². The Bertz CT molecular complexity index is 318. The van der Waals surface area contributed by atoms with Gasteiger partial charge in [-0.15, -0.1) is 0 Å². The van der Waals surface area contributed by atoms with Crippen LogP contribution in [-0.2, 0) is 6.42 Å². The number of Topliss-reactive ketones (excluding diaryl/α,β-unsaturated/α-hetero) is 1. The van der Waals surface area contributed by atoms with E-state index in [2.05, 4.69) is 0 Å². The molecule has 3 nitrogen and oxygen atoms in total. The minimum absolute atomic E-state index is 0.192. The number of aliphatic hydroxyl groups is 1. The van der Waals surface area contributed by atoms with Crippen molar-refractivity contribution in [3.8, 4) is 5.75 Å². The SMILES string of the molecule is CCc1cc(C(=O)CO)ccc1O. The van der Waals surface area contributed by atoms with Crippen molar-refractivity contribution in [1.29, 1.82) is 0 Å². The molecule has 0 bridgehead atoms. The van der Waals surface area contributed by atoms with Gasteiger partial charge in [0.15, 0.2) is 5.78 Å². The van der Waals surface area contributed by atoms with E-state index >= 15 is 0 Å². The highest BCUT2D eigenvalue weighted by Gasteiger charge is 2.06. The van der Waals surface area contributed by atoms with Gasteiger partial charge in [0, 0.05) is 5.56 Å². The molecule has 0 saturated heterocycles. The molecule has 0 heterocycles. The summed E-state index contributed by atoms with van der Waals surface area (Å²) >= 11 is 0. The molecule has 0 radical (unpaired) electrons. The van der Waals surface area contributed by atoms with E-state index in [-0.39, 0.29) is 11.5 Å². The quantitative estimate of drug-likeness (QED) is 0.685. The first-order chi connectivity index (χ1) is 6.19. The predicted molar refractivity (Wildman–Crippen MR) is 48.9 cm³/mol. The smallest absolute Gasteiger partial charge is 0.188 e. The van der Waals surface area contributed by atoms with Gasteiger partial charge < -0.3 is 10.2 Å². The van der Waals surface area contributed by atoms with Crippen molar-refractivity contribution >= 4 is 5.78 Å². The number of phenols is 1. The van der Waals surface area contributed by atoms with E-state index in [1.807, 2.05) is 6.92 Å². The second kappa shape index (κ2) is 4.05. The monoisotopic (exact) mass is 180 g/mol. The molecule has 2 N–H and O–H groups in total. The number of rotatable bonds is 3. The number of hydrogen-bond acceptors (Lipinski definition) is 3. The minimum atomic E-state index is -0.492. The summed E-state index contributed by atoms with van der Waals surface area (Å²) in [5.41, 5.74) is 1.16. The number of carbonyl (C=O) groups is 1. The summed E-state index contributed by atoms with van der Waals surface area (Å²) in [6.07, 6.45) is 0.665. The van der Waals surface area contributed by atoms with Gasteiger partial charge in [-0.3, -0.25) is 4.79 Å². The maximum atomic E-state index is 11.1. The lowest BCUT2D eigenvalue weighted by atomic mass is 10.1. The maximum absolute atomic E-state index is 11.1. The number of phenolic OH excluding ortho intramolecular Hbond substituents is 1. The molecule has 1 aromatic rings. The van der Waals surface area contributed by atoms with Gasteiger partial charge in [0.05, 0.1) is 0 Å². The van der Waals surface area contributed by atoms with E-state index in [1.54, 1.807) is 6.07 Å². The highest BCUT2D eigenvalue weighted by atomic mass is 16.3. The Labute approximate surface area is 76.6 Å². The third-order valence-electron chi connectivity index (χ3n) is 1.93. The second-order valence-electron chi connectivity index (χ2n) is 2.78. The Morgan fingerprint density at radius 3 is 2.69 bits per heavy atom. The molecule has 0 spiro atoms. The Balaban J connectivity index is 3.06. The zero-order valence-corrected chi connectivity index (χ0v) is 7.45. The van der Waals surface area contributed by atoms with Crippen molar-refractivity contribution in [3.05, 3.63) is 29.3 Å². The van der Waals surface area contributed by atoms with E-state index in [4.69, 9.17) is 5.11 Å². The molecule has 0 amide bonds. The predicted octanol–water partition coefficient (Wildman–Crippen LogP) is 1.13. The van der Waals surface area contributed by atoms with Crippen LogP contribution in [0.3, 0.4) is 0 Å². The topological polar surface area (TPSA) is 57.5 Å². The second-order valence-corrected chi connectivity index (χ2v) is 2.78. The summed E-state index contributed by atoms with van der Waals surface area (Å²) in [4.78, 5) is 11.1. The van der Waals surface area contributed by atoms with Crippen LogP contribution in [0.2, 0.25) is 0 Å². The van der Waals surface area contributed by atoms with Crippen LogP contribution in [0, 0.1) is 0 Å². The van der Waals surface area contributed by atoms with Gasteiger partial charge in [0.2, 0.25) is 0 Å². The molecule has 1 rings (SSSR count). The molecular weight excluding hydrogens is 168 g/mol. The van der Waals surface area contributed by atoms with Crippen LogP contribution in [0.1, 0.15) is 22.8 Å². The lowest BCUT2D eigenvalue weighted by molar-refractivity contribution is 0.0903. The average Bonchev–Trinajstić information content (AvgIpc) is 2.17. The number of aryl methyl sites for hydroxylation is 1. The van der Waals surface area contributed by atoms with E-state index in [0.717, 1.165) is 5.56 Å². The van der Waals surface area contributed by atoms with Crippen LogP contribution in [0.15, 0.2) is 18.2 Å². The fourth-order valence-corrected chi connectivity index (χ4v) is 1.13. The zero-order valence-electron chi connectivity index (χ0n) is 7.45. The first-order valence-electron chi connectivity index (χ1n) is 4.15. The molecule has 0 atom stereocenters. The van der Waals surface area contributed by atoms with Gasteiger partial charge in [0.25, 0.3) is 0 Å². The highest BCUT2D eigenvalue weighted by Crippen LogP contribution is 2.18. The lowest BCUT2D eigenvalue weighted by Gasteiger charge is -2.03. The average molecular weight is 180 g/mol. The zero-order chi connectivity index (χ0) is 9.84. The molecule has 1 aromatic carbocycles. The molecule has 0 unspecified atom stereocenters. The van der Waals surface area contributed by atoms with E-state index in [9.17, 15) is 9.90 Å². The number of carbonyl (C=O) groups excluding carboxylic acids is 1. The van der Waals surface area contributed by atoms with Crippen LogP contribution < -0.4 is 0 Å². The van der Waals surface area contributed by atoms with Gasteiger partial charge in [-0.2, -0.15) is 0 Å². The largest absolute Gasteiger partial charge is 0.508 e. The number of hydrogen-bond donors (Lipinski definition) is 2. The fourth-order valence-electron chi connectivity index (χ4n) is 1.13. The number of aromatic hydroxyl groups is 1. The molecule has 0 fully saturated rings. The number of aliphatic hydroxyl groups excluding tert-OH is 1. The van der Waals surface area contributed by atoms with Crippen molar-refractivity contribution in [3.63, 3.8) is 0 Å². The van der Waals surface area contributed by atoms with Crippen LogP contribution in [0.5, 0.6) is 5.75 Å². The van der Waals surface area contributed by atoms with Crippen molar-refractivity contribution in [2.24, 2.45) is 0 Å². The summed E-state index contributed by atoms with van der Waals surface area (Å²) in [5.74, 6) is -0.133. The molecule has 13 heavy (non-hydrogen) atoms. The Morgan fingerprint density at radius 1 is 1.46 bits per heavy atom. The van der Waals surface area contributed by atoms with E-state index in [1.165, 1.54) is 12.1 Å². The van der Waals surface area contributed by atoms with Gasteiger partial charge in [-0.05, 0) is 30.2 Å². The summed E-state index contributed by atoms with van der Waals surface area (Å²) in [5, 5.41) is 17.9. The van der Waals surface area contributed by atoms with E-state index in [0.29, 0.717) is 12.0 Å². The third-order valence-corrected chi connectivity index (χ3v) is 1.93. The fraction of sp³-hybridized carbons (Fsp3) is 0.300. The van der Waals surface area contributed by atoms with Gasteiger partial charge in [-0.25, -0.2) is 0 Å². The Kier molecular flexibility index (Phi) is 3.03. The van der Waals surface area contributed by atoms with Gasteiger partial charge in [-0.1, -0.05) is 6.92 Å². The standard InChI is InChI=1S/C10H12O3/c1-2-7-5-8(10(13)6-11)3-4-9(7)12/h3-5,11-12H,2,6H2,1H3. The van der Waals surface area contributed by atoms with Crippen LogP contribution in [0.4, 0.5) is 0 Å². The van der Waals surface area contributed by atoms with Crippen LogP contribution in [-0.4, -0.2) is 22.6 Å². The third kappa shape index (κ3) is 2.06. The molecule has 0 aliphatic heterocycles. The van der Waals surface area contributed by atoms with Crippen molar-refractivity contribution in [2.75, 3.05) is 6.61 Å². The molecule has 70 valence electrons. The molecular formula is C10H12O3. The Hall–Kier alpha value is -1.35. The summed E-state index contributed by atoms with van der Waals surface area (Å²) in [6.45, 7) is 1.40. The van der Waals surface area contributed by atoms with Crippen LogP contribution in [0.25, 0.3) is 0 Å². The van der Waals surface area contributed by atoms with Crippen LogP contribution >= 0.6 is 0 Å². The molecule has 0 saturated carbocycles. The van der Waals surface area contributed by atoms with Crippen molar-refractivity contribution in [1.82, 2.24) is 0 Å². The summed E-state index contributed by atoms with van der Waals surface area (Å²) < 4.78 is 0. The maximum Gasteiger partial charge on any atom is 0.188 e. The minimum Gasteiger partial charge on any atom is -0.508 e.